The van der Waals surface area contributed by atoms with Crippen LogP contribution in [-0.2, 0) is 0 Å². The molecule has 0 atom stereocenters. The molecule has 3 aromatic rings. The summed E-state index contributed by atoms with van der Waals surface area (Å²) in [6.45, 7) is 8.47. The maximum absolute atomic E-state index is 5.28. The van der Waals surface area contributed by atoms with Gasteiger partial charge < -0.3 is 9.88 Å². The normalized spacial score (nSPS) is 11.0. The van der Waals surface area contributed by atoms with E-state index in [1.54, 1.807) is 6.21 Å². The number of benzene rings is 2. The molecule has 0 aliphatic carbocycles. The summed E-state index contributed by atoms with van der Waals surface area (Å²) in [6.07, 6.45) is 1.81. The summed E-state index contributed by atoms with van der Waals surface area (Å²) in [6, 6.07) is 18.4. The first-order chi connectivity index (χ1) is 13.0. The minimum absolute atomic E-state index is 0.459. The van der Waals surface area contributed by atoms with Gasteiger partial charge in [0.05, 0.1) is 6.21 Å². The number of nitrogens with one attached hydrogen (secondary N) is 2. The van der Waals surface area contributed by atoms with E-state index >= 15 is 0 Å². The monoisotopic (exact) mass is 376 g/mol. The van der Waals surface area contributed by atoms with Crippen LogP contribution in [0.5, 0.6) is 0 Å². The molecular weight excluding hydrogens is 352 g/mol. The first-order valence-corrected chi connectivity index (χ1v) is 9.28. The maximum atomic E-state index is 5.28. The second kappa shape index (κ2) is 8.18. The third-order valence-electron chi connectivity index (χ3n) is 4.46. The average Bonchev–Trinajstić information content (AvgIpc) is 2.90. The number of aromatic nitrogens is 1. The van der Waals surface area contributed by atoms with E-state index in [-0.39, 0.29) is 0 Å². The number of aryl methyl sites for hydroxylation is 3. The molecule has 0 radical (unpaired) electrons. The van der Waals surface area contributed by atoms with E-state index in [9.17, 15) is 0 Å². The van der Waals surface area contributed by atoms with Crippen molar-refractivity contribution in [3.05, 3.63) is 82.7 Å². The smallest absolute Gasteiger partial charge is 0.191 e. The van der Waals surface area contributed by atoms with Gasteiger partial charge in [0.2, 0.25) is 0 Å². The van der Waals surface area contributed by atoms with Gasteiger partial charge in [-0.25, -0.2) is 0 Å². The molecule has 1 heterocycles. The highest BCUT2D eigenvalue weighted by atomic mass is 32.1. The molecule has 0 bridgehead atoms. The number of anilines is 1. The van der Waals surface area contributed by atoms with Crippen molar-refractivity contribution in [1.82, 2.24) is 9.99 Å². The Kier molecular flexibility index (Phi) is 5.72. The fourth-order valence-corrected chi connectivity index (χ4v) is 3.36. The number of nitrogens with zero attached hydrogens (tertiary/aromatic N) is 2. The maximum Gasteiger partial charge on any atom is 0.191 e. The lowest BCUT2D eigenvalue weighted by Crippen LogP contribution is -2.23. The van der Waals surface area contributed by atoms with E-state index in [1.807, 2.05) is 30.3 Å². The fourth-order valence-electron chi connectivity index (χ4n) is 3.19. The van der Waals surface area contributed by atoms with Gasteiger partial charge in [-0.15, -0.1) is 0 Å². The van der Waals surface area contributed by atoms with Crippen molar-refractivity contribution in [2.75, 3.05) is 5.32 Å². The van der Waals surface area contributed by atoms with Crippen LogP contribution in [0.2, 0.25) is 0 Å². The summed E-state index contributed by atoms with van der Waals surface area (Å²) in [4.78, 5) is 0. The molecule has 138 valence electrons. The number of para-hydroxylation sites is 1. The van der Waals surface area contributed by atoms with Crippen molar-refractivity contribution in [2.24, 2.45) is 5.10 Å². The van der Waals surface area contributed by atoms with Crippen LogP contribution in [0.1, 0.15) is 28.1 Å². The first kappa shape index (κ1) is 18.9. The molecular formula is C22H24N4S. The Hall–Kier alpha value is -2.92. The van der Waals surface area contributed by atoms with Crippen molar-refractivity contribution in [1.29, 1.82) is 0 Å². The third-order valence-corrected chi connectivity index (χ3v) is 4.66. The molecule has 2 aromatic carbocycles. The van der Waals surface area contributed by atoms with Crippen LogP contribution in [0.3, 0.4) is 0 Å². The molecule has 3 rings (SSSR count). The summed E-state index contributed by atoms with van der Waals surface area (Å²) in [5, 5.41) is 7.85. The second-order valence-electron chi connectivity index (χ2n) is 6.64. The predicted octanol–water partition coefficient (Wildman–Crippen LogP) is 5.03. The highest BCUT2D eigenvalue weighted by Crippen LogP contribution is 2.23. The number of hydrazone groups is 1. The molecule has 0 spiro atoms. The van der Waals surface area contributed by atoms with Crippen LogP contribution in [0, 0.1) is 27.7 Å². The summed E-state index contributed by atoms with van der Waals surface area (Å²) in [5.41, 5.74) is 10.9. The topological polar surface area (TPSA) is 41.4 Å². The number of hydrogen-bond donors (Lipinski definition) is 2. The lowest BCUT2D eigenvalue weighted by molar-refractivity contribution is 0.952. The Labute approximate surface area is 165 Å². The van der Waals surface area contributed by atoms with Gasteiger partial charge in [-0.2, -0.15) is 5.10 Å². The minimum Gasteiger partial charge on any atom is -0.331 e. The number of thiocarbonyl (C=S) groups is 1. The quantitative estimate of drug-likeness (QED) is 0.381. The van der Waals surface area contributed by atoms with Gasteiger partial charge in [0.1, 0.15) is 0 Å². The molecule has 0 amide bonds. The van der Waals surface area contributed by atoms with E-state index in [1.165, 1.54) is 22.5 Å². The van der Waals surface area contributed by atoms with Crippen molar-refractivity contribution in [2.45, 2.75) is 27.7 Å². The number of rotatable bonds is 4. The highest BCUT2D eigenvalue weighted by molar-refractivity contribution is 7.80. The third kappa shape index (κ3) is 4.44. The van der Waals surface area contributed by atoms with Crippen molar-refractivity contribution in [3.63, 3.8) is 0 Å². The SMILES string of the molecule is Cc1ccc(-n2c(C)cc(/C=N\NC(=S)Nc3ccccc3)c2C)c(C)c1. The zero-order valence-corrected chi connectivity index (χ0v) is 16.9. The zero-order chi connectivity index (χ0) is 19.4. The fraction of sp³-hybridized carbons (Fsp3) is 0.182. The molecule has 0 aliphatic rings. The van der Waals surface area contributed by atoms with Gasteiger partial charge in [0.15, 0.2) is 5.11 Å². The molecule has 5 heteroatoms. The van der Waals surface area contributed by atoms with Crippen molar-refractivity contribution < 1.29 is 0 Å². The Bertz CT molecular complexity index is 987. The van der Waals surface area contributed by atoms with E-state index in [0.29, 0.717) is 5.11 Å². The Balaban J connectivity index is 1.74. The van der Waals surface area contributed by atoms with Gasteiger partial charge in [-0.3, -0.25) is 5.43 Å². The first-order valence-electron chi connectivity index (χ1n) is 8.87. The van der Waals surface area contributed by atoms with Gasteiger partial charge in [-0.05, 0) is 69.7 Å². The molecule has 1 aromatic heterocycles. The molecule has 0 saturated heterocycles. The molecule has 4 nitrogen and oxygen atoms in total. The van der Waals surface area contributed by atoms with Crippen LogP contribution in [0.15, 0.2) is 59.7 Å². The lowest BCUT2D eigenvalue weighted by atomic mass is 10.1. The largest absolute Gasteiger partial charge is 0.331 e. The van der Waals surface area contributed by atoms with Crippen LogP contribution >= 0.6 is 12.2 Å². The molecule has 2 N–H and O–H groups in total. The van der Waals surface area contributed by atoms with Crippen molar-refractivity contribution >= 4 is 29.2 Å². The minimum atomic E-state index is 0.459. The van der Waals surface area contributed by atoms with Gasteiger partial charge in [0, 0.05) is 28.3 Å². The molecule has 27 heavy (non-hydrogen) atoms. The highest BCUT2D eigenvalue weighted by Gasteiger charge is 2.11. The van der Waals surface area contributed by atoms with E-state index in [4.69, 9.17) is 12.2 Å². The van der Waals surface area contributed by atoms with E-state index < -0.39 is 0 Å². The Morgan fingerprint density at radius 3 is 2.44 bits per heavy atom. The van der Waals surface area contributed by atoms with Crippen molar-refractivity contribution in [3.8, 4) is 5.69 Å². The summed E-state index contributed by atoms with van der Waals surface area (Å²) in [7, 11) is 0. The molecule has 0 unspecified atom stereocenters. The second-order valence-corrected chi connectivity index (χ2v) is 7.05. The summed E-state index contributed by atoms with van der Waals surface area (Å²) >= 11 is 5.28. The zero-order valence-electron chi connectivity index (χ0n) is 16.1. The Morgan fingerprint density at radius 2 is 1.74 bits per heavy atom. The summed E-state index contributed by atoms with van der Waals surface area (Å²) < 4.78 is 2.26. The molecule has 0 saturated carbocycles. The predicted molar refractivity (Wildman–Crippen MR) is 118 cm³/mol. The van der Waals surface area contributed by atoms with E-state index in [0.717, 1.165) is 16.9 Å². The molecule has 0 aliphatic heterocycles. The van der Waals surface area contributed by atoms with Gasteiger partial charge in [0.25, 0.3) is 0 Å². The number of hydrogen-bond acceptors (Lipinski definition) is 2. The van der Waals surface area contributed by atoms with Crippen LogP contribution < -0.4 is 10.7 Å². The van der Waals surface area contributed by atoms with Crippen LogP contribution in [0.25, 0.3) is 5.69 Å². The lowest BCUT2D eigenvalue weighted by Gasteiger charge is -2.13. The van der Waals surface area contributed by atoms with Crippen LogP contribution in [-0.4, -0.2) is 15.9 Å². The van der Waals surface area contributed by atoms with Gasteiger partial charge in [-0.1, -0.05) is 35.9 Å². The average molecular weight is 377 g/mol. The molecule has 0 fully saturated rings. The van der Waals surface area contributed by atoms with E-state index in [2.05, 4.69) is 72.4 Å². The summed E-state index contributed by atoms with van der Waals surface area (Å²) in [5.74, 6) is 0. The Morgan fingerprint density at radius 1 is 1.00 bits per heavy atom. The standard InChI is InChI=1S/C22H24N4S/c1-15-10-11-21(16(2)12-15)26-17(3)13-19(18(26)4)14-23-25-22(27)24-20-8-6-5-7-9-20/h5-14H,1-4H3,(H2,24,25,27)/b23-14-. The van der Waals surface area contributed by atoms with Gasteiger partial charge >= 0.3 is 0 Å². The van der Waals surface area contributed by atoms with Crippen LogP contribution in [0.4, 0.5) is 5.69 Å².